The highest BCUT2D eigenvalue weighted by atomic mass is 19.1. The Hall–Kier alpha value is -4.28. The van der Waals surface area contributed by atoms with Gasteiger partial charge in [-0.2, -0.15) is 5.10 Å². The van der Waals surface area contributed by atoms with Gasteiger partial charge in [0.2, 0.25) is 5.91 Å². The zero-order chi connectivity index (χ0) is 24.5. The molecule has 2 amide bonds. The van der Waals surface area contributed by atoms with E-state index < -0.39 is 0 Å². The number of aryl methyl sites for hydroxylation is 1. The van der Waals surface area contributed by atoms with E-state index in [1.165, 1.54) is 33.8 Å². The number of piperazine rings is 1. The molecule has 0 N–H and O–H groups in total. The molecule has 1 aliphatic heterocycles. The van der Waals surface area contributed by atoms with Gasteiger partial charge in [0.05, 0.1) is 18.1 Å². The number of furan rings is 1. The van der Waals surface area contributed by atoms with E-state index in [0.717, 1.165) is 0 Å². The van der Waals surface area contributed by atoms with E-state index >= 15 is 0 Å². The van der Waals surface area contributed by atoms with Crippen LogP contribution >= 0.6 is 0 Å². The average Bonchev–Trinajstić information content (AvgIpc) is 3.55. The molecule has 0 aliphatic carbocycles. The van der Waals surface area contributed by atoms with Crippen molar-refractivity contribution in [3.63, 3.8) is 0 Å². The summed E-state index contributed by atoms with van der Waals surface area (Å²) in [5.74, 6) is 0.0820. The van der Waals surface area contributed by atoms with E-state index in [1.807, 2.05) is 0 Å². The highest BCUT2D eigenvalue weighted by Gasteiger charge is 2.26. The summed E-state index contributed by atoms with van der Waals surface area (Å²) in [7, 11) is 0. The van der Waals surface area contributed by atoms with Crippen LogP contribution in [0.15, 0.2) is 58.1 Å². The molecule has 0 spiro atoms. The number of hydrogen-bond donors (Lipinski definition) is 0. The minimum Gasteiger partial charge on any atom is -0.459 e. The smallest absolute Gasteiger partial charge is 0.289 e. The van der Waals surface area contributed by atoms with Gasteiger partial charge in [0.25, 0.3) is 11.5 Å². The van der Waals surface area contributed by atoms with Crippen molar-refractivity contribution in [2.24, 2.45) is 0 Å². The van der Waals surface area contributed by atoms with Gasteiger partial charge in [-0.1, -0.05) is 0 Å². The molecular weight excluding hydrogens is 455 g/mol. The van der Waals surface area contributed by atoms with Crippen LogP contribution in [0.25, 0.3) is 16.7 Å². The molecule has 0 unspecified atom stereocenters. The number of rotatable bonds is 5. The lowest BCUT2D eigenvalue weighted by atomic mass is 10.2. The van der Waals surface area contributed by atoms with Crippen LogP contribution in [0.2, 0.25) is 0 Å². The summed E-state index contributed by atoms with van der Waals surface area (Å²) in [5.41, 5.74) is 0.673. The van der Waals surface area contributed by atoms with Crippen LogP contribution in [0.3, 0.4) is 0 Å². The Kier molecular flexibility index (Phi) is 5.89. The molecule has 0 bridgehead atoms. The van der Waals surface area contributed by atoms with Crippen LogP contribution in [-0.4, -0.2) is 67.1 Å². The lowest BCUT2D eigenvalue weighted by Crippen LogP contribution is -2.50. The molecule has 1 fully saturated rings. The molecule has 1 saturated heterocycles. The second-order valence-electron chi connectivity index (χ2n) is 8.29. The van der Waals surface area contributed by atoms with Crippen molar-refractivity contribution in [2.75, 3.05) is 26.2 Å². The summed E-state index contributed by atoms with van der Waals surface area (Å²) in [6.07, 6.45) is 3.02. The summed E-state index contributed by atoms with van der Waals surface area (Å²) >= 11 is 0. The molecule has 35 heavy (non-hydrogen) atoms. The number of aromatic nitrogens is 4. The molecule has 1 aliphatic rings. The Bertz CT molecular complexity index is 1430. The van der Waals surface area contributed by atoms with Crippen molar-refractivity contribution in [1.29, 1.82) is 0 Å². The summed E-state index contributed by atoms with van der Waals surface area (Å²) in [6.45, 7) is 3.55. The van der Waals surface area contributed by atoms with E-state index in [1.54, 1.807) is 41.0 Å². The molecule has 0 radical (unpaired) electrons. The minimum atomic E-state index is -0.369. The molecule has 4 heterocycles. The quantitative estimate of drug-likeness (QED) is 0.434. The molecular formula is C24H23FN6O4. The van der Waals surface area contributed by atoms with E-state index in [-0.39, 0.29) is 41.9 Å². The fourth-order valence-electron chi connectivity index (χ4n) is 4.22. The Balaban J connectivity index is 1.25. The van der Waals surface area contributed by atoms with Gasteiger partial charge < -0.3 is 14.2 Å². The zero-order valence-corrected chi connectivity index (χ0v) is 19.1. The van der Waals surface area contributed by atoms with Gasteiger partial charge in [-0.25, -0.2) is 14.1 Å². The third kappa shape index (κ3) is 4.32. The van der Waals surface area contributed by atoms with Crippen LogP contribution in [0.1, 0.15) is 22.8 Å². The van der Waals surface area contributed by atoms with Crippen LogP contribution < -0.4 is 5.56 Å². The number of amides is 2. The molecule has 11 heteroatoms. The highest BCUT2D eigenvalue weighted by Crippen LogP contribution is 2.16. The van der Waals surface area contributed by atoms with Crippen LogP contribution in [-0.2, 0) is 11.3 Å². The first-order chi connectivity index (χ1) is 16.9. The topological polar surface area (TPSA) is 106 Å². The van der Waals surface area contributed by atoms with Crippen LogP contribution in [0.5, 0.6) is 0 Å². The predicted octanol–water partition coefficient (Wildman–Crippen LogP) is 2.00. The van der Waals surface area contributed by atoms with E-state index in [4.69, 9.17) is 4.42 Å². The third-order valence-electron chi connectivity index (χ3n) is 6.15. The van der Waals surface area contributed by atoms with Crippen molar-refractivity contribution in [3.05, 3.63) is 76.6 Å². The summed E-state index contributed by atoms with van der Waals surface area (Å²) in [4.78, 5) is 46.2. The maximum absolute atomic E-state index is 13.3. The van der Waals surface area contributed by atoms with Crippen molar-refractivity contribution in [3.8, 4) is 5.69 Å². The maximum Gasteiger partial charge on any atom is 0.289 e. The van der Waals surface area contributed by atoms with Crippen LogP contribution in [0.4, 0.5) is 4.39 Å². The van der Waals surface area contributed by atoms with Crippen molar-refractivity contribution >= 4 is 22.8 Å². The standard InChI is InChI=1S/C24H23FN6O4/c1-16-27-22-19(15-26-31(22)18-6-4-17(25)5-7-18)23(33)30(16)9-8-21(32)28-10-12-29(13-11-28)24(34)20-3-2-14-35-20/h2-7,14-15H,8-13H2,1H3. The largest absolute Gasteiger partial charge is 0.459 e. The SMILES string of the molecule is Cc1nc2c(cnn2-c2ccc(F)cc2)c(=O)n1CCC(=O)N1CCN(C(=O)c2ccco2)CC1. The lowest BCUT2D eigenvalue weighted by molar-refractivity contribution is -0.132. The second-order valence-corrected chi connectivity index (χ2v) is 8.29. The number of fused-ring (bicyclic) bond motifs is 1. The molecule has 0 atom stereocenters. The zero-order valence-electron chi connectivity index (χ0n) is 19.1. The van der Waals surface area contributed by atoms with Crippen LogP contribution in [0, 0.1) is 12.7 Å². The number of nitrogens with zero attached hydrogens (tertiary/aromatic N) is 6. The molecule has 1 aromatic carbocycles. The van der Waals surface area contributed by atoms with Gasteiger partial charge in [0.1, 0.15) is 17.0 Å². The predicted molar refractivity (Wildman–Crippen MR) is 124 cm³/mol. The molecule has 10 nitrogen and oxygen atoms in total. The fourth-order valence-corrected chi connectivity index (χ4v) is 4.22. The van der Waals surface area contributed by atoms with Gasteiger partial charge >= 0.3 is 0 Å². The summed E-state index contributed by atoms with van der Waals surface area (Å²) < 4.78 is 21.4. The fraction of sp³-hybridized carbons (Fsp3) is 0.292. The van der Waals surface area contributed by atoms with Gasteiger partial charge in [-0.15, -0.1) is 0 Å². The molecule has 4 aromatic rings. The first kappa shape index (κ1) is 22.5. The monoisotopic (exact) mass is 478 g/mol. The summed E-state index contributed by atoms with van der Waals surface area (Å²) in [6, 6.07) is 9.03. The number of halogens is 1. The van der Waals surface area contributed by atoms with Gasteiger partial charge in [0, 0.05) is 39.1 Å². The normalized spacial score (nSPS) is 14.0. The minimum absolute atomic E-state index is 0.0940. The lowest BCUT2D eigenvalue weighted by Gasteiger charge is -2.34. The van der Waals surface area contributed by atoms with Gasteiger partial charge in [-0.05, 0) is 43.3 Å². The summed E-state index contributed by atoms with van der Waals surface area (Å²) in [5, 5.41) is 4.57. The van der Waals surface area contributed by atoms with Gasteiger partial charge in [-0.3, -0.25) is 19.0 Å². The number of hydrogen-bond acceptors (Lipinski definition) is 6. The third-order valence-corrected chi connectivity index (χ3v) is 6.15. The Morgan fingerprint density at radius 1 is 1.06 bits per heavy atom. The van der Waals surface area contributed by atoms with E-state index in [2.05, 4.69) is 10.1 Å². The average molecular weight is 478 g/mol. The first-order valence-electron chi connectivity index (χ1n) is 11.2. The highest BCUT2D eigenvalue weighted by molar-refractivity contribution is 5.91. The van der Waals surface area contributed by atoms with Crippen molar-refractivity contribution in [1.82, 2.24) is 29.1 Å². The second kappa shape index (κ2) is 9.16. The number of benzene rings is 1. The van der Waals surface area contributed by atoms with Crippen molar-refractivity contribution in [2.45, 2.75) is 19.9 Å². The number of carbonyl (C=O) groups is 2. The van der Waals surface area contributed by atoms with Crippen molar-refractivity contribution < 1.29 is 18.4 Å². The molecule has 5 rings (SSSR count). The molecule has 180 valence electrons. The maximum atomic E-state index is 13.3. The van der Waals surface area contributed by atoms with E-state index in [9.17, 15) is 18.8 Å². The first-order valence-corrected chi connectivity index (χ1v) is 11.2. The molecule has 0 saturated carbocycles. The Labute approximate surface area is 199 Å². The Morgan fingerprint density at radius 2 is 1.77 bits per heavy atom. The Morgan fingerprint density at radius 3 is 2.46 bits per heavy atom. The van der Waals surface area contributed by atoms with E-state index in [0.29, 0.717) is 48.7 Å². The van der Waals surface area contributed by atoms with Gasteiger partial charge in [0.15, 0.2) is 11.4 Å². The number of carbonyl (C=O) groups excluding carboxylic acids is 2. The molecule has 3 aromatic heterocycles.